The van der Waals surface area contributed by atoms with Crippen molar-refractivity contribution in [3.63, 3.8) is 0 Å². The van der Waals surface area contributed by atoms with E-state index in [0.29, 0.717) is 0 Å². The van der Waals surface area contributed by atoms with Crippen molar-refractivity contribution < 1.29 is 0 Å². The molecular formula is C8H15N3S. The Morgan fingerprint density at radius 3 is 3.08 bits per heavy atom. The van der Waals surface area contributed by atoms with Gasteiger partial charge in [-0.15, -0.1) is 6.58 Å². The van der Waals surface area contributed by atoms with Gasteiger partial charge in [-0.25, -0.2) is 0 Å². The topological polar surface area (TPSA) is 18.5 Å². The molecule has 3 nitrogen and oxygen atoms in total. The smallest absolute Gasteiger partial charge is 0.171 e. The van der Waals surface area contributed by atoms with E-state index in [2.05, 4.69) is 28.6 Å². The highest BCUT2D eigenvalue weighted by atomic mass is 32.1. The van der Waals surface area contributed by atoms with Crippen LogP contribution in [-0.4, -0.2) is 41.3 Å². The molecule has 68 valence electrons. The molecule has 0 spiro atoms. The largest absolute Gasteiger partial charge is 0.350 e. The molecule has 4 heteroatoms. The fourth-order valence-corrected chi connectivity index (χ4v) is 1.35. The molecule has 12 heavy (non-hydrogen) atoms. The summed E-state index contributed by atoms with van der Waals surface area (Å²) < 4.78 is 0. The first-order chi connectivity index (χ1) is 5.77. The van der Waals surface area contributed by atoms with Crippen LogP contribution in [0.15, 0.2) is 12.7 Å². The van der Waals surface area contributed by atoms with E-state index in [1.165, 1.54) is 0 Å². The van der Waals surface area contributed by atoms with Crippen LogP contribution in [0.1, 0.15) is 6.92 Å². The van der Waals surface area contributed by atoms with Gasteiger partial charge in [0, 0.05) is 6.54 Å². The maximum absolute atomic E-state index is 5.13. The zero-order valence-electron chi connectivity index (χ0n) is 7.42. The molecule has 0 unspecified atom stereocenters. The van der Waals surface area contributed by atoms with E-state index >= 15 is 0 Å². The second-order valence-corrected chi connectivity index (χ2v) is 3.17. The predicted octanol–water partition coefficient (Wildman–Crippen LogP) is 0.599. The summed E-state index contributed by atoms with van der Waals surface area (Å²) in [5, 5.41) is 3.99. The molecule has 0 aromatic carbocycles. The van der Waals surface area contributed by atoms with E-state index in [-0.39, 0.29) is 0 Å². The van der Waals surface area contributed by atoms with Gasteiger partial charge in [-0.05, 0) is 18.8 Å². The third-order valence-electron chi connectivity index (χ3n) is 1.91. The Kier molecular flexibility index (Phi) is 3.49. The van der Waals surface area contributed by atoms with Crippen molar-refractivity contribution >= 4 is 17.3 Å². The van der Waals surface area contributed by atoms with Crippen LogP contribution in [0.3, 0.4) is 0 Å². The summed E-state index contributed by atoms with van der Waals surface area (Å²) in [6.07, 6.45) is 1.87. The first kappa shape index (κ1) is 9.48. The van der Waals surface area contributed by atoms with Gasteiger partial charge in [0.15, 0.2) is 5.11 Å². The summed E-state index contributed by atoms with van der Waals surface area (Å²) in [4.78, 5) is 4.37. The molecule has 0 radical (unpaired) electrons. The van der Waals surface area contributed by atoms with Gasteiger partial charge in [0.05, 0.1) is 13.3 Å². The van der Waals surface area contributed by atoms with Gasteiger partial charge in [0.1, 0.15) is 0 Å². The van der Waals surface area contributed by atoms with Gasteiger partial charge in [-0.2, -0.15) is 0 Å². The second kappa shape index (κ2) is 4.42. The van der Waals surface area contributed by atoms with Crippen LogP contribution in [0.4, 0.5) is 0 Å². The molecule has 0 amide bonds. The van der Waals surface area contributed by atoms with Gasteiger partial charge in [-0.3, -0.25) is 4.90 Å². The van der Waals surface area contributed by atoms with Crippen molar-refractivity contribution in [1.29, 1.82) is 0 Å². The van der Waals surface area contributed by atoms with Crippen LogP contribution in [-0.2, 0) is 0 Å². The van der Waals surface area contributed by atoms with Crippen LogP contribution in [0, 0.1) is 0 Å². The molecule has 1 aliphatic heterocycles. The van der Waals surface area contributed by atoms with E-state index in [1.54, 1.807) is 0 Å². The summed E-state index contributed by atoms with van der Waals surface area (Å²) in [5.74, 6) is 0. The zero-order valence-corrected chi connectivity index (χ0v) is 8.23. The minimum atomic E-state index is 0.822. The lowest BCUT2D eigenvalue weighted by Crippen LogP contribution is -2.55. The maximum Gasteiger partial charge on any atom is 0.171 e. The standard InChI is InChI=1S/C8H15N3S/c1-3-5-11-7-10(4-2)6-9-8(11)12/h3H,1,4-7H2,2H3,(H,9,12). The number of nitrogens with zero attached hydrogens (tertiary/aromatic N) is 2. The number of nitrogens with one attached hydrogen (secondary N) is 1. The summed E-state index contributed by atoms with van der Waals surface area (Å²) in [6, 6.07) is 0. The van der Waals surface area contributed by atoms with Crippen LogP contribution in [0.2, 0.25) is 0 Å². The Morgan fingerprint density at radius 2 is 2.50 bits per heavy atom. The van der Waals surface area contributed by atoms with Crippen molar-refractivity contribution in [1.82, 2.24) is 15.1 Å². The van der Waals surface area contributed by atoms with E-state index < -0.39 is 0 Å². The fraction of sp³-hybridized carbons (Fsp3) is 0.625. The molecule has 0 aromatic heterocycles. The first-order valence-electron chi connectivity index (χ1n) is 4.14. The van der Waals surface area contributed by atoms with Crippen LogP contribution in [0.25, 0.3) is 0 Å². The first-order valence-corrected chi connectivity index (χ1v) is 4.54. The normalized spacial score (nSPS) is 19.1. The van der Waals surface area contributed by atoms with Crippen molar-refractivity contribution in [3.05, 3.63) is 12.7 Å². The third-order valence-corrected chi connectivity index (χ3v) is 2.31. The summed E-state index contributed by atoms with van der Waals surface area (Å²) in [7, 11) is 0. The molecular weight excluding hydrogens is 170 g/mol. The average molecular weight is 185 g/mol. The second-order valence-electron chi connectivity index (χ2n) is 2.78. The molecule has 1 aliphatic rings. The molecule has 1 rings (SSSR count). The Hall–Kier alpha value is -0.610. The number of hydrogen-bond donors (Lipinski definition) is 1. The van der Waals surface area contributed by atoms with E-state index in [9.17, 15) is 0 Å². The predicted molar refractivity (Wildman–Crippen MR) is 54.8 cm³/mol. The van der Waals surface area contributed by atoms with Crippen molar-refractivity contribution in [2.75, 3.05) is 26.4 Å². The molecule has 0 bridgehead atoms. The van der Waals surface area contributed by atoms with E-state index in [4.69, 9.17) is 12.2 Å². The summed E-state index contributed by atoms with van der Waals surface area (Å²) in [6.45, 7) is 9.48. The van der Waals surface area contributed by atoms with Crippen molar-refractivity contribution in [2.45, 2.75) is 6.92 Å². The Bertz CT molecular complexity index is 181. The maximum atomic E-state index is 5.13. The Labute approximate surface area is 79.0 Å². The van der Waals surface area contributed by atoms with Crippen LogP contribution in [0.5, 0.6) is 0 Å². The highest BCUT2D eigenvalue weighted by Crippen LogP contribution is 2.00. The van der Waals surface area contributed by atoms with Crippen molar-refractivity contribution in [2.24, 2.45) is 0 Å². The number of rotatable bonds is 3. The summed E-state index contributed by atoms with van der Waals surface area (Å²) in [5.41, 5.74) is 0. The molecule has 1 saturated heterocycles. The molecule has 1 heterocycles. The zero-order chi connectivity index (χ0) is 8.97. The molecule has 0 aromatic rings. The third kappa shape index (κ3) is 2.19. The molecule has 0 aliphatic carbocycles. The number of thiocarbonyl (C=S) groups is 1. The monoisotopic (exact) mass is 185 g/mol. The molecule has 0 saturated carbocycles. The van der Waals surface area contributed by atoms with Crippen LogP contribution < -0.4 is 5.32 Å². The average Bonchev–Trinajstić information content (AvgIpc) is 2.09. The van der Waals surface area contributed by atoms with Gasteiger partial charge in [0.25, 0.3) is 0 Å². The minimum Gasteiger partial charge on any atom is -0.350 e. The van der Waals surface area contributed by atoms with Gasteiger partial charge in [0.2, 0.25) is 0 Å². The Balaban J connectivity index is 2.46. The molecule has 0 atom stereocenters. The highest BCUT2D eigenvalue weighted by molar-refractivity contribution is 7.80. The SMILES string of the molecule is C=CCN1CN(CC)CNC1=S. The Morgan fingerprint density at radius 1 is 1.75 bits per heavy atom. The lowest BCUT2D eigenvalue weighted by Gasteiger charge is -2.36. The van der Waals surface area contributed by atoms with Gasteiger partial charge >= 0.3 is 0 Å². The fourth-order valence-electron chi connectivity index (χ4n) is 1.16. The highest BCUT2D eigenvalue weighted by Gasteiger charge is 2.17. The van der Waals surface area contributed by atoms with Gasteiger partial charge in [-0.1, -0.05) is 13.0 Å². The molecule has 1 N–H and O–H groups in total. The minimum absolute atomic E-state index is 0.822. The van der Waals surface area contributed by atoms with E-state index in [1.807, 2.05) is 6.08 Å². The summed E-state index contributed by atoms with van der Waals surface area (Å²) >= 11 is 5.13. The van der Waals surface area contributed by atoms with E-state index in [0.717, 1.165) is 31.5 Å². The lowest BCUT2D eigenvalue weighted by atomic mass is 10.5. The van der Waals surface area contributed by atoms with Gasteiger partial charge < -0.3 is 10.2 Å². The van der Waals surface area contributed by atoms with Crippen LogP contribution >= 0.6 is 12.2 Å². The van der Waals surface area contributed by atoms with Crippen molar-refractivity contribution in [3.8, 4) is 0 Å². The lowest BCUT2D eigenvalue weighted by molar-refractivity contribution is 0.169. The number of hydrogen-bond acceptors (Lipinski definition) is 2. The quantitative estimate of drug-likeness (QED) is 0.512. The molecule has 1 fully saturated rings.